The predicted molar refractivity (Wildman–Crippen MR) is 50.7 cm³/mol. The minimum atomic E-state index is 0.212. The van der Waals surface area contributed by atoms with Gasteiger partial charge in [0.25, 0.3) is 0 Å². The van der Waals surface area contributed by atoms with Gasteiger partial charge in [0.05, 0.1) is 6.61 Å². The van der Waals surface area contributed by atoms with Crippen LogP contribution in [0.15, 0.2) is 10.1 Å². The van der Waals surface area contributed by atoms with Crippen molar-refractivity contribution in [1.29, 1.82) is 0 Å². The van der Waals surface area contributed by atoms with Crippen LogP contribution in [0.4, 0.5) is 0 Å². The molecule has 0 atom stereocenters. The predicted octanol–water partition coefficient (Wildman–Crippen LogP) is 2.84. The maximum absolute atomic E-state index is 9.01. The van der Waals surface area contributed by atoms with E-state index in [1.165, 1.54) is 16.5 Å². The standard InChI is InChI=1S/C9H15BrO/c1-9(2)4-3-8(10)7(5-9)6-11/h11H,3-6H2,1-2H3. The number of hydrogen-bond donors (Lipinski definition) is 1. The van der Waals surface area contributed by atoms with Gasteiger partial charge in [0.1, 0.15) is 0 Å². The summed E-state index contributed by atoms with van der Waals surface area (Å²) < 4.78 is 1.22. The zero-order valence-electron chi connectivity index (χ0n) is 7.15. The number of hydrogen-bond acceptors (Lipinski definition) is 1. The summed E-state index contributed by atoms with van der Waals surface area (Å²) in [5.41, 5.74) is 1.57. The second-order valence-corrected chi connectivity index (χ2v) is 4.96. The van der Waals surface area contributed by atoms with Crippen LogP contribution in [-0.4, -0.2) is 11.7 Å². The molecule has 0 saturated carbocycles. The summed E-state index contributed by atoms with van der Waals surface area (Å²) in [6.45, 7) is 4.72. The molecule has 1 N–H and O–H groups in total. The lowest BCUT2D eigenvalue weighted by molar-refractivity contribution is 0.270. The van der Waals surface area contributed by atoms with Gasteiger partial charge < -0.3 is 5.11 Å². The number of allylic oxidation sites excluding steroid dienone is 1. The van der Waals surface area contributed by atoms with Crippen LogP contribution in [0.2, 0.25) is 0 Å². The van der Waals surface area contributed by atoms with E-state index in [1.807, 2.05) is 0 Å². The van der Waals surface area contributed by atoms with Crippen LogP contribution in [0, 0.1) is 5.41 Å². The summed E-state index contributed by atoms with van der Waals surface area (Å²) >= 11 is 3.49. The largest absolute Gasteiger partial charge is 0.392 e. The minimum absolute atomic E-state index is 0.212. The first-order valence-corrected chi connectivity index (χ1v) is 4.82. The van der Waals surface area contributed by atoms with Gasteiger partial charge in [-0.2, -0.15) is 0 Å². The van der Waals surface area contributed by atoms with Crippen LogP contribution >= 0.6 is 15.9 Å². The van der Waals surface area contributed by atoms with Crippen molar-refractivity contribution in [2.24, 2.45) is 5.41 Å². The third-order valence-electron chi connectivity index (χ3n) is 2.29. The van der Waals surface area contributed by atoms with Crippen LogP contribution in [0.5, 0.6) is 0 Å². The molecule has 0 radical (unpaired) electrons. The molecule has 0 aromatic heterocycles. The summed E-state index contributed by atoms with van der Waals surface area (Å²) in [6.07, 6.45) is 3.34. The summed E-state index contributed by atoms with van der Waals surface area (Å²) in [7, 11) is 0. The van der Waals surface area contributed by atoms with Crippen molar-refractivity contribution in [3.63, 3.8) is 0 Å². The Morgan fingerprint density at radius 1 is 1.55 bits per heavy atom. The molecule has 0 aliphatic heterocycles. The van der Waals surface area contributed by atoms with Gasteiger partial charge in [-0.3, -0.25) is 0 Å². The zero-order valence-corrected chi connectivity index (χ0v) is 8.74. The minimum Gasteiger partial charge on any atom is -0.392 e. The highest BCUT2D eigenvalue weighted by Crippen LogP contribution is 2.40. The number of halogens is 1. The molecule has 2 heteroatoms. The van der Waals surface area contributed by atoms with Gasteiger partial charge in [0, 0.05) is 0 Å². The topological polar surface area (TPSA) is 20.2 Å². The second kappa shape index (κ2) is 3.28. The molecule has 1 rings (SSSR count). The lowest BCUT2D eigenvalue weighted by atomic mass is 9.77. The Balaban J connectivity index is 2.73. The number of rotatable bonds is 1. The van der Waals surface area contributed by atoms with Crippen molar-refractivity contribution in [2.45, 2.75) is 33.1 Å². The van der Waals surface area contributed by atoms with E-state index in [9.17, 15) is 0 Å². The molecule has 0 aromatic carbocycles. The molecule has 0 heterocycles. The first-order chi connectivity index (χ1) is 5.05. The summed E-state index contributed by atoms with van der Waals surface area (Å²) in [4.78, 5) is 0. The van der Waals surface area contributed by atoms with Crippen molar-refractivity contribution in [3.05, 3.63) is 10.1 Å². The molecule has 0 aromatic rings. The molecule has 0 fully saturated rings. The SMILES string of the molecule is CC1(C)CCC(Br)=C(CO)C1. The average Bonchev–Trinajstić information content (AvgIpc) is 1.94. The van der Waals surface area contributed by atoms with Crippen molar-refractivity contribution >= 4 is 15.9 Å². The average molecular weight is 219 g/mol. The van der Waals surface area contributed by atoms with E-state index in [0.717, 1.165) is 12.8 Å². The van der Waals surface area contributed by atoms with E-state index in [2.05, 4.69) is 29.8 Å². The Hall–Kier alpha value is 0.180. The summed E-state index contributed by atoms with van der Waals surface area (Å²) in [5, 5.41) is 9.01. The highest BCUT2D eigenvalue weighted by Gasteiger charge is 2.25. The fourth-order valence-electron chi connectivity index (χ4n) is 1.53. The van der Waals surface area contributed by atoms with Gasteiger partial charge in [-0.15, -0.1) is 0 Å². The molecule has 1 nitrogen and oxygen atoms in total. The summed E-state index contributed by atoms with van der Waals surface area (Å²) in [6, 6.07) is 0. The van der Waals surface area contributed by atoms with Crippen molar-refractivity contribution < 1.29 is 5.11 Å². The van der Waals surface area contributed by atoms with Crippen LogP contribution in [0.3, 0.4) is 0 Å². The Bertz CT molecular complexity index is 182. The molecule has 1 aliphatic rings. The fraction of sp³-hybridized carbons (Fsp3) is 0.778. The van der Waals surface area contributed by atoms with Crippen molar-refractivity contribution in [1.82, 2.24) is 0 Å². The first kappa shape index (κ1) is 9.27. The Morgan fingerprint density at radius 3 is 2.64 bits per heavy atom. The molecule has 0 unspecified atom stereocenters. The monoisotopic (exact) mass is 218 g/mol. The van der Waals surface area contributed by atoms with Crippen molar-refractivity contribution in [3.8, 4) is 0 Å². The van der Waals surface area contributed by atoms with Gasteiger partial charge in [-0.1, -0.05) is 29.8 Å². The van der Waals surface area contributed by atoms with Crippen LogP contribution < -0.4 is 0 Å². The van der Waals surface area contributed by atoms with E-state index < -0.39 is 0 Å². The fourth-order valence-corrected chi connectivity index (χ4v) is 1.99. The molecule has 11 heavy (non-hydrogen) atoms. The lowest BCUT2D eigenvalue weighted by Gasteiger charge is -2.30. The molecule has 0 bridgehead atoms. The van der Waals surface area contributed by atoms with E-state index >= 15 is 0 Å². The summed E-state index contributed by atoms with van der Waals surface area (Å²) in [5.74, 6) is 0. The Labute approximate surface area is 76.6 Å². The Kier molecular flexibility index (Phi) is 2.76. The maximum Gasteiger partial charge on any atom is 0.0652 e. The molecule has 1 aliphatic carbocycles. The normalized spacial score (nSPS) is 24.0. The lowest BCUT2D eigenvalue weighted by Crippen LogP contribution is -2.18. The molecular weight excluding hydrogens is 204 g/mol. The molecular formula is C9H15BrO. The molecule has 0 saturated heterocycles. The van der Waals surface area contributed by atoms with Crippen LogP contribution in [0.1, 0.15) is 33.1 Å². The highest BCUT2D eigenvalue weighted by molar-refractivity contribution is 9.11. The van der Waals surface area contributed by atoms with E-state index in [1.54, 1.807) is 0 Å². The smallest absolute Gasteiger partial charge is 0.0652 e. The highest BCUT2D eigenvalue weighted by atomic mass is 79.9. The third kappa shape index (κ3) is 2.31. The quantitative estimate of drug-likeness (QED) is 0.718. The van der Waals surface area contributed by atoms with E-state index in [-0.39, 0.29) is 6.61 Å². The van der Waals surface area contributed by atoms with Gasteiger partial charge in [-0.05, 0) is 34.7 Å². The van der Waals surface area contributed by atoms with Gasteiger partial charge >= 0.3 is 0 Å². The third-order valence-corrected chi connectivity index (χ3v) is 3.24. The van der Waals surface area contributed by atoms with E-state index in [0.29, 0.717) is 5.41 Å². The molecule has 64 valence electrons. The van der Waals surface area contributed by atoms with Gasteiger partial charge in [-0.25, -0.2) is 0 Å². The van der Waals surface area contributed by atoms with E-state index in [4.69, 9.17) is 5.11 Å². The maximum atomic E-state index is 9.01. The van der Waals surface area contributed by atoms with Crippen molar-refractivity contribution in [2.75, 3.05) is 6.61 Å². The van der Waals surface area contributed by atoms with Gasteiger partial charge in [0.2, 0.25) is 0 Å². The van der Waals surface area contributed by atoms with Crippen LogP contribution in [0.25, 0.3) is 0 Å². The molecule has 0 amide bonds. The van der Waals surface area contributed by atoms with Gasteiger partial charge in [0.15, 0.2) is 0 Å². The number of aliphatic hydroxyl groups is 1. The second-order valence-electron chi connectivity index (χ2n) is 4.01. The van der Waals surface area contributed by atoms with Crippen LogP contribution in [-0.2, 0) is 0 Å². The first-order valence-electron chi connectivity index (χ1n) is 4.02. The Morgan fingerprint density at radius 2 is 2.18 bits per heavy atom. The molecule has 0 spiro atoms. The number of aliphatic hydroxyl groups excluding tert-OH is 1. The zero-order chi connectivity index (χ0) is 8.48.